The van der Waals surface area contributed by atoms with Gasteiger partial charge in [-0.1, -0.05) is 36.4 Å². The fraction of sp³-hybridized carbons (Fsp3) is 0.375. The minimum atomic E-state index is -0.546. The summed E-state index contributed by atoms with van der Waals surface area (Å²) in [4.78, 5) is 22.2. The Hall–Kier alpha value is -2.10. The minimum absolute atomic E-state index is 0.280. The molecule has 0 radical (unpaired) electrons. The molecular weight excluding hydrogens is 254 g/mol. The number of hydrogen-bond acceptors (Lipinski definition) is 3. The Bertz CT molecular complexity index is 460. The number of hydrogen-bond donors (Lipinski definition) is 1. The molecule has 1 aromatic rings. The van der Waals surface area contributed by atoms with E-state index in [1.165, 1.54) is 6.08 Å². The van der Waals surface area contributed by atoms with Crippen LogP contribution < -0.4 is 5.32 Å². The summed E-state index contributed by atoms with van der Waals surface area (Å²) in [5, 5.41) is 2.75. The summed E-state index contributed by atoms with van der Waals surface area (Å²) in [6, 6.07) is 9.46. The Morgan fingerprint density at radius 1 is 1.30 bits per heavy atom. The van der Waals surface area contributed by atoms with Crippen LogP contribution in [0, 0.1) is 0 Å². The lowest BCUT2D eigenvalue weighted by atomic mass is 10.1. The molecule has 1 atom stereocenters. The fourth-order valence-corrected chi connectivity index (χ4v) is 1.67. The molecule has 0 saturated heterocycles. The van der Waals surface area contributed by atoms with Crippen LogP contribution in [0.1, 0.15) is 26.3 Å². The second-order valence-corrected chi connectivity index (χ2v) is 5.46. The highest BCUT2D eigenvalue weighted by Gasteiger charge is 2.18. The van der Waals surface area contributed by atoms with Crippen molar-refractivity contribution in [3.8, 4) is 0 Å². The van der Waals surface area contributed by atoms with E-state index >= 15 is 0 Å². The monoisotopic (exact) mass is 275 g/mol. The second kappa shape index (κ2) is 7.48. The van der Waals surface area contributed by atoms with Crippen LogP contribution in [0.3, 0.4) is 0 Å². The number of amides is 1. The third-order valence-corrected chi connectivity index (χ3v) is 2.42. The van der Waals surface area contributed by atoms with Crippen LogP contribution >= 0.6 is 0 Å². The summed E-state index contributed by atoms with van der Waals surface area (Å²) in [5.74, 6) is 0. The predicted molar refractivity (Wildman–Crippen MR) is 78.5 cm³/mol. The molecule has 0 aliphatic heterocycles. The van der Waals surface area contributed by atoms with Crippen molar-refractivity contribution in [2.75, 3.05) is 0 Å². The normalized spacial score (nSPS) is 12.9. The smallest absolute Gasteiger partial charge is 0.408 e. The average Bonchev–Trinajstić information content (AvgIpc) is 2.35. The largest absolute Gasteiger partial charge is 0.444 e. The molecule has 0 saturated carbocycles. The van der Waals surface area contributed by atoms with E-state index in [2.05, 4.69) is 5.32 Å². The highest BCUT2D eigenvalue weighted by Crippen LogP contribution is 2.09. The molecule has 1 amide bonds. The van der Waals surface area contributed by atoms with E-state index < -0.39 is 11.7 Å². The molecule has 1 N–H and O–H groups in total. The van der Waals surface area contributed by atoms with Crippen LogP contribution in [-0.4, -0.2) is 24.0 Å². The summed E-state index contributed by atoms with van der Waals surface area (Å²) in [6.45, 7) is 5.42. The van der Waals surface area contributed by atoms with Gasteiger partial charge in [-0.3, -0.25) is 4.79 Å². The molecule has 0 unspecified atom stereocenters. The molecule has 4 nitrogen and oxygen atoms in total. The fourth-order valence-electron chi connectivity index (χ4n) is 1.67. The van der Waals surface area contributed by atoms with Gasteiger partial charge in [0.2, 0.25) is 0 Å². The molecule has 0 aliphatic rings. The lowest BCUT2D eigenvalue weighted by molar-refractivity contribution is -0.104. The summed E-state index contributed by atoms with van der Waals surface area (Å²) in [6.07, 6.45) is 3.84. The molecule has 0 fully saturated rings. The van der Waals surface area contributed by atoms with E-state index in [1.807, 2.05) is 30.3 Å². The first kappa shape index (κ1) is 16.0. The van der Waals surface area contributed by atoms with Gasteiger partial charge in [0.05, 0.1) is 6.04 Å². The van der Waals surface area contributed by atoms with Gasteiger partial charge in [-0.25, -0.2) is 4.79 Å². The number of rotatable bonds is 5. The van der Waals surface area contributed by atoms with Crippen LogP contribution in [0.4, 0.5) is 4.79 Å². The standard InChI is InChI=1S/C16H21NO3/c1-16(2,3)20-15(19)17-14(10-7-11-18)12-13-8-5-4-6-9-13/h4-11,14H,12H2,1-3H3,(H,17,19)/b10-7+/t14-/m1/s1. The maximum Gasteiger partial charge on any atom is 0.408 e. The van der Waals surface area contributed by atoms with Gasteiger partial charge in [0, 0.05) is 0 Å². The molecule has 1 rings (SSSR count). The van der Waals surface area contributed by atoms with E-state index in [0.717, 1.165) is 5.56 Å². The number of carbonyl (C=O) groups is 2. The number of allylic oxidation sites excluding steroid dienone is 1. The van der Waals surface area contributed by atoms with Crippen molar-refractivity contribution in [1.29, 1.82) is 0 Å². The van der Waals surface area contributed by atoms with Gasteiger partial charge in [-0.15, -0.1) is 0 Å². The van der Waals surface area contributed by atoms with Gasteiger partial charge in [0.15, 0.2) is 0 Å². The predicted octanol–water partition coefficient (Wildman–Crippen LogP) is 2.88. The van der Waals surface area contributed by atoms with E-state index in [1.54, 1.807) is 26.8 Å². The molecule has 20 heavy (non-hydrogen) atoms. The zero-order valence-electron chi connectivity index (χ0n) is 12.1. The Labute approximate surface area is 119 Å². The van der Waals surface area contributed by atoms with E-state index in [9.17, 15) is 9.59 Å². The number of alkyl carbamates (subject to hydrolysis) is 1. The zero-order valence-corrected chi connectivity index (χ0v) is 12.1. The topological polar surface area (TPSA) is 55.4 Å². The average molecular weight is 275 g/mol. The summed E-state index contributed by atoms with van der Waals surface area (Å²) in [5.41, 5.74) is 0.527. The molecule has 0 heterocycles. The summed E-state index contributed by atoms with van der Waals surface area (Å²) >= 11 is 0. The van der Waals surface area contributed by atoms with Gasteiger partial charge in [-0.2, -0.15) is 0 Å². The van der Waals surface area contributed by atoms with Crippen molar-refractivity contribution in [1.82, 2.24) is 5.32 Å². The third kappa shape index (κ3) is 6.73. The number of carbonyl (C=O) groups excluding carboxylic acids is 2. The van der Waals surface area contributed by atoms with Crippen LogP contribution in [0.5, 0.6) is 0 Å². The quantitative estimate of drug-likeness (QED) is 0.664. The molecule has 1 aromatic carbocycles. The van der Waals surface area contributed by atoms with Crippen molar-refractivity contribution in [2.24, 2.45) is 0 Å². The van der Waals surface area contributed by atoms with Crippen molar-refractivity contribution in [3.63, 3.8) is 0 Å². The maximum absolute atomic E-state index is 11.8. The van der Waals surface area contributed by atoms with E-state index in [-0.39, 0.29) is 6.04 Å². The number of benzene rings is 1. The lowest BCUT2D eigenvalue weighted by Crippen LogP contribution is -2.39. The van der Waals surface area contributed by atoms with Crippen LogP contribution in [0.15, 0.2) is 42.5 Å². The number of ether oxygens (including phenoxy) is 1. The van der Waals surface area contributed by atoms with Gasteiger partial charge in [0.1, 0.15) is 11.9 Å². The molecule has 108 valence electrons. The van der Waals surface area contributed by atoms with E-state index in [0.29, 0.717) is 12.7 Å². The van der Waals surface area contributed by atoms with Crippen molar-refractivity contribution in [2.45, 2.75) is 38.8 Å². The van der Waals surface area contributed by atoms with Crippen molar-refractivity contribution < 1.29 is 14.3 Å². The zero-order chi connectivity index (χ0) is 15.0. The van der Waals surface area contributed by atoms with E-state index in [4.69, 9.17) is 4.74 Å². The second-order valence-electron chi connectivity index (χ2n) is 5.46. The number of nitrogens with one attached hydrogen (secondary N) is 1. The van der Waals surface area contributed by atoms with Crippen LogP contribution in [0.25, 0.3) is 0 Å². The molecular formula is C16H21NO3. The third-order valence-electron chi connectivity index (χ3n) is 2.42. The van der Waals surface area contributed by atoms with Gasteiger partial charge in [-0.05, 0) is 38.8 Å². The number of aldehydes is 1. The van der Waals surface area contributed by atoms with Crippen molar-refractivity contribution in [3.05, 3.63) is 48.0 Å². The first-order valence-electron chi connectivity index (χ1n) is 6.56. The Morgan fingerprint density at radius 2 is 1.95 bits per heavy atom. The molecule has 0 aliphatic carbocycles. The Morgan fingerprint density at radius 3 is 2.50 bits per heavy atom. The maximum atomic E-state index is 11.8. The molecule has 0 aromatic heterocycles. The highest BCUT2D eigenvalue weighted by atomic mass is 16.6. The first-order chi connectivity index (χ1) is 9.40. The molecule has 0 spiro atoms. The molecule has 4 heteroatoms. The van der Waals surface area contributed by atoms with Gasteiger partial charge in [0.25, 0.3) is 0 Å². The summed E-state index contributed by atoms with van der Waals surface area (Å²) in [7, 11) is 0. The molecule has 0 bridgehead atoms. The first-order valence-corrected chi connectivity index (χ1v) is 6.56. The SMILES string of the molecule is CC(C)(C)OC(=O)N[C@H](/C=C/C=O)Cc1ccccc1. The Kier molecular flexibility index (Phi) is 5.97. The van der Waals surface area contributed by atoms with Gasteiger partial charge < -0.3 is 10.1 Å². The Balaban J connectivity index is 2.67. The summed E-state index contributed by atoms with van der Waals surface area (Å²) < 4.78 is 5.21. The van der Waals surface area contributed by atoms with Crippen LogP contribution in [-0.2, 0) is 16.0 Å². The van der Waals surface area contributed by atoms with Gasteiger partial charge >= 0.3 is 6.09 Å². The minimum Gasteiger partial charge on any atom is -0.444 e. The lowest BCUT2D eigenvalue weighted by Gasteiger charge is -2.22. The van der Waals surface area contributed by atoms with Crippen molar-refractivity contribution >= 4 is 12.4 Å². The highest BCUT2D eigenvalue weighted by molar-refractivity contribution is 5.69. The van der Waals surface area contributed by atoms with Crippen LogP contribution in [0.2, 0.25) is 0 Å².